The Kier molecular flexibility index (Phi) is 4.13. The van der Waals surface area contributed by atoms with Crippen molar-refractivity contribution in [3.63, 3.8) is 0 Å². The molecule has 0 aliphatic rings. The van der Waals surface area contributed by atoms with E-state index in [1.165, 1.54) is 7.11 Å². The lowest BCUT2D eigenvalue weighted by Crippen LogP contribution is -2.03. The Morgan fingerprint density at radius 1 is 1.62 bits per heavy atom. The molecule has 6 heteroatoms. The van der Waals surface area contributed by atoms with Crippen LogP contribution in [0.3, 0.4) is 0 Å². The van der Waals surface area contributed by atoms with Gasteiger partial charge in [-0.15, -0.1) is 12.4 Å². The summed E-state index contributed by atoms with van der Waals surface area (Å²) in [5.41, 5.74) is -0.154. The first-order valence-corrected chi connectivity index (χ1v) is 3.09. The first-order valence-electron chi connectivity index (χ1n) is 3.09. The number of hydrogen-bond donors (Lipinski definition) is 1. The molecule has 72 valence electrons. The summed E-state index contributed by atoms with van der Waals surface area (Å²) >= 11 is 0. The van der Waals surface area contributed by atoms with Crippen LogP contribution in [0.5, 0.6) is 5.88 Å². The molecule has 1 aromatic heterocycles. The Labute approximate surface area is 79.8 Å². The molecule has 0 fully saturated rings. The first kappa shape index (κ1) is 11.6. The molecular weight excluding hydrogens is 201 g/mol. The smallest absolute Gasteiger partial charge is 0.341 e. The van der Waals surface area contributed by atoms with Crippen LogP contribution in [0, 0.1) is 5.95 Å². The van der Waals surface area contributed by atoms with Crippen molar-refractivity contribution in [3.05, 3.63) is 23.6 Å². The topological polar surface area (TPSA) is 59.4 Å². The molecule has 0 saturated carbocycles. The number of ether oxygens (including phenoxy) is 1. The molecule has 4 nitrogen and oxygen atoms in total. The molecule has 1 rings (SSSR count). The fourth-order valence-electron chi connectivity index (χ4n) is 0.736. The fraction of sp³-hybridized carbons (Fsp3) is 0.143. The Balaban J connectivity index is 0.00000144. The van der Waals surface area contributed by atoms with E-state index >= 15 is 0 Å². The molecule has 1 heterocycles. The average Bonchev–Trinajstić information content (AvgIpc) is 2.03. The maximum Gasteiger partial charge on any atom is 0.341 e. The van der Waals surface area contributed by atoms with Gasteiger partial charge in [0.15, 0.2) is 0 Å². The lowest BCUT2D eigenvalue weighted by atomic mass is 10.3. The molecule has 0 saturated heterocycles. The average molecular weight is 208 g/mol. The second kappa shape index (κ2) is 4.61. The quantitative estimate of drug-likeness (QED) is 0.744. The minimum Gasteiger partial charge on any atom is -0.480 e. The van der Waals surface area contributed by atoms with Gasteiger partial charge in [-0.3, -0.25) is 0 Å². The van der Waals surface area contributed by atoms with Crippen LogP contribution in [0.15, 0.2) is 12.1 Å². The second-order valence-corrected chi connectivity index (χ2v) is 2.00. The summed E-state index contributed by atoms with van der Waals surface area (Å²) in [6.07, 6.45) is 0. The highest BCUT2D eigenvalue weighted by atomic mass is 35.5. The van der Waals surface area contributed by atoms with Crippen molar-refractivity contribution >= 4 is 18.4 Å². The summed E-state index contributed by atoms with van der Waals surface area (Å²) in [7, 11) is 1.23. The highest BCUT2D eigenvalue weighted by Crippen LogP contribution is 2.14. The highest BCUT2D eigenvalue weighted by molar-refractivity contribution is 5.90. The van der Waals surface area contributed by atoms with Crippen LogP contribution in [-0.4, -0.2) is 23.2 Å². The summed E-state index contributed by atoms with van der Waals surface area (Å²) in [5, 5.41) is 8.55. The van der Waals surface area contributed by atoms with Crippen LogP contribution in [0.1, 0.15) is 10.4 Å². The van der Waals surface area contributed by atoms with E-state index in [-0.39, 0.29) is 23.9 Å². The molecule has 0 aliphatic carbocycles. The van der Waals surface area contributed by atoms with E-state index in [0.29, 0.717) is 0 Å². The molecule has 0 atom stereocenters. The molecule has 0 radical (unpaired) electrons. The van der Waals surface area contributed by atoms with Gasteiger partial charge in [0.05, 0.1) is 7.11 Å². The van der Waals surface area contributed by atoms with Crippen LogP contribution in [-0.2, 0) is 0 Å². The van der Waals surface area contributed by atoms with Gasteiger partial charge in [0.2, 0.25) is 11.8 Å². The minimum atomic E-state index is -1.20. The molecule has 1 N–H and O–H groups in total. The van der Waals surface area contributed by atoms with Gasteiger partial charge in [-0.05, 0) is 12.1 Å². The Bertz CT molecular complexity index is 319. The van der Waals surface area contributed by atoms with Crippen LogP contribution < -0.4 is 4.74 Å². The predicted octanol–water partition coefficient (Wildman–Crippen LogP) is 1.35. The lowest BCUT2D eigenvalue weighted by molar-refractivity contribution is 0.0692. The molecule has 0 amide bonds. The van der Waals surface area contributed by atoms with Gasteiger partial charge in [-0.1, -0.05) is 0 Å². The van der Waals surface area contributed by atoms with E-state index in [4.69, 9.17) is 5.11 Å². The molecule has 0 aromatic carbocycles. The predicted molar refractivity (Wildman–Crippen MR) is 45.0 cm³/mol. The number of methoxy groups -OCH3 is 1. The maximum atomic E-state index is 12.4. The molecule has 0 spiro atoms. The van der Waals surface area contributed by atoms with Gasteiger partial charge in [0.25, 0.3) is 0 Å². The summed E-state index contributed by atoms with van der Waals surface area (Å²) in [6.45, 7) is 0. The van der Waals surface area contributed by atoms with Gasteiger partial charge >= 0.3 is 5.97 Å². The molecule has 0 bridgehead atoms. The maximum absolute atomic E-state index is 12.4. The van der Waals surface area contributed by atoms with Gasteiger partial charge in [-0.2, -0.15) is 9.37 Å². The Morgan fingerprint density at radius 2 is 2.23 bits per heavy atom. The summed E-state index contributed by atoms with van der Waals surface area (Å²) in [4.78, 5) is 13.7. The second-order valence-electron chi connectivity index (χ2n) is 2.00. The third-order valence-electron chi connectivity index (χ3n) is 1.25. The fourth-order valence-corrected chi connectivity index (χ4v) is 0.736. The first-order chi connectivity index (χ1) is 5.65. The number of carboxylic acids is 1. The number of halogens is 2. The normalized spacial score (nSPS) is 8.77. The number of carboxylic acid groups (broad SMARTS) is 1. The van der Waals surface area contributed by atoms with E-state index < -0.39 is 11.9 Å². The van der Waals surface area contributed by atoms with E-state index in [1.807, 2.05) is 0 Å². The molecular formula is C7H7ClFNO3. The largest absolute Gasteiger partial charge is 0.480 e. The monoisotopic (exact) mass is 207 g/mol. The van der Waals surface area contributed by atoms with Gasteiger partial charge in [-0.25, -0.2) is 4.79 Å². The Hall–Kier alpha value is -1.36. The van der Waals surface area contributed by atoms with Gasteiger partial charge < -0.3 is 9.84 Å². The summed E-state index contributed by atoms with van der Waals surface area (Å²) in [6, 6.07) is 2.06. The van der Waals surface area contributed by atoms with Crippen molar-refractivity contribution in [2.75, 3.05) is 7.11 Å². The van der Waals surface area contributed by atoms with Crippen LogP contribution >= 0.6 is 12.4 Å². The molecule has 0 aliphatic heterocycles. The zero-order chi connectivity index (χ0) is 9.14. The molecule has 1 aromatic rings. The summed E-state index contributed by atoms with van der Waals surface area (Å²) < 4.78 is 17.0. The van der Waals surface area contributed by atoms with E-state index in [1.54, 1.807) is 0 Å². The third kappa shape index (κ3) is 2.55. The van der Waals surface area contributed by atoms with Crippen LogP contribution in [0.25, 0.3) is 0 Å². The lowest BCUT2D eigenvalue weighted by Gasteiger charge is -2.01. The number of nitrogens with zero attached hydrogens (tertiary/aromatic N) is 1. The molecule has 13 heavy (non-hydrogen) atoms. The number of hydrogen-bond acceptors (Lipinski definition) is 3. The SMILES string of the molecule is COc1nc(F)ccc1C(=O)O.Cl. The van der Waals surface area contributed by atoms with Gasteiger partial charge in [0.1, 0.15) is 5.56 Å². The number of rotatable bonds is 2. The number of aromatic nitrogens is 1. The van der Waals surface area contributed by atoms with Crippen molar-refractivity contribution in [1.82, 2.24) is 4.98 Å². The van der Waals surface area contributed by atoms with Crippen molar-refractivity contribution in [2.45, 2.75) is 0 Å². The Morgan fingerprint density at radius 3 is 2.69 bits per heavy atom. The van der Waals surface area contributed by atoms with Crippen molar-refractivity contribution in [3.8, 4) is 5.88 Å². The molecule has 0 unspecified atom stereocenters. The van der Waals surface area contributed by atoms with Crippen LogP contribution in [0.4, 0.5) is 4.39 Å². The zero-order valence-corrected chi connectivity index (χ0v) is 7.47. The standard InChI is InChI=1S/C7H6FNO3.ClH/c1-12-6-4(7(10)11)2-3-5(8)9-6;/h2-3H,1H3,(H,10,11);1H. The van der Waals surface area contributed by atoms with E-state index in [2.05, 4.69) is 9.72 Å². The summed E-state index contributed by atoms with van der Waals surface area (Å²) in [5.74, 6) is -2.18. The van der Waals surface area contributed by atoms with E-state index in [9.17, 15) is 9.18 Å². The van der Waals surface area contributed by atoms with Crippen molar-refractivity contribution in [1.29, 1.82) is 0 Å². The van der Waals surface area contributed by atoms with E-state index in [0.717, 1.165) is 12.1 Å². The zero-order valence-electron chi connectivity index (χ0n) is 6.65. The number of carbonyl (C=O) groups is 1. The number of aromatic carboxylic acids is 1. The number of pyridine rings is 1. The van der Waals surface area contributed by atoms with Crippen LogP contribution in [0.2, 0.25) is 0 Å². The van der Waals surface area contributed by atoms with Crippen molar-refractivity contribution in [2.24, 2.45) is 0 Å². The minimum absolute atomic E-state index is 0. The van der Waals surface area contributed by atoms with Gasteiger partial charge in [0, 0.05) is 0 Å². The highest BCUT2D eigenvalue weighted by Gasteiger charge is 2.12. The third-order valence-corrected chi connectivity index (χ3v) is 1.25. The van der Waals surface area contributed by atoms with Crippen molar-refractivity contribution < 1.29 is 19.0 Å².